The Morgan fingerprint density at radius 2 is 2.07 bits per heavy atom. The Balaban J connectivity index is 2.51. The van der Waals surface area contributed by atoms with Gasteiger partial charge in [-0.3, -0.25) is 5.10 Å². The first kappa shape index (κ1) is 9.26. The van der Waals surface area contributed by atoms with E-state index in [1.165, 1.54) is 23.7 Å². The van der Waals surface area contributed by atoms with Crippen LogP contribution in [0.4, 0.5) is 13.2 Å². The third kappa shape index (κ3) is 1.52. The number of thiophene rings is 1. The summed E-state index contributed by atoms with van der Waals surface area (Å²) in [5.74, 6) is 0. The number of hydrogen-bond donors (Lipinski definition) is 1. The largest absolute Gasteiger partial charge is 0.426 e. The van der Waals surface area contributed by atoms with E-state index in [9.17, 15) is 13.2 Å². The zero-order chi connectivity index (χ0) is 10.2. The van der Waals surface area contributed by atoms with E-state index in [1.54, 1.807) is 0 Å². The van der Waals surface area contributed by atoms with E-state index >= 15 is 0 Å². The first-order valence-corrected chi connectivity index (χ1v) is 4.62. The molecule has 0 aliphatic heterocycles. The van der Waals surface area contributed by atoms with Crippen molar-refractivity contribution in [3.8, 4) is 11.3 Å². The highest BCUT2D eigenvalue weighted by Gasteiger charge is 2.35. The van der Waals surface area contributed by atoms with Gasteiger partial charge in [-0.05, 0) is 17.5 Å². The molecule has 2 heterocycles. The summed E-state index contributed by atoms with van der Waals surface area (Å²) in [6, 6.07) is 2.93. The van der Waals surface area contributed by atoms with Crippen LogP contribution in [0.3, 0.4) is 0 Å². The summed E-state index contributed by atoms with van der Waals surface area (Å²) in [7, 11) is 0. The van der Waals surface area contributed by atoms with Gasteiger partial charge in [-0.1, -0.05) is 0 Å². The fraction of sp³-hybridized carbons (Fsp3) is 0.125. The molecule has 74 valence electrons. The fourth-order valence-electron chi connectivity index (χ4n) is 1.14. The molecule has 0 amide bonds. The molecule has 2 aromatic heterocycles. The van der Waals surface area contributed by atoms with Crippen molar-refractivity contribution >= 4 is 11.3 Å². The maximum Gasteiger partial charge on any atom is 0.426 e. The van der Waals surface area contributed by atoms with Crippen LogP contribution in [0.5, 0.6) is 0 Å². The molecule has 2 rings (SSSR count). The molecule has 2 aromatic rings. The Labute approximate surface area is 81.4 Å². The van der Waals surface area contributed by atoms with Crippen molar-refractivity contribution in [2.45, 2.75) is 6.18 Å². The lowest BCUT2D eigenvalue weighted by atomic mass is 10.2. The van der Waals surface area contributed by atoms with Crippen LogP contribution < -0.4 is 0 Å². The Morgan fingerprint density at radius 3 is 2.64 bits per heavy atom. The van der Waals surface area contributed by atoms with Gasteiger partial charge in [-0.25, -0.2) is 0 Å². The van der Waals surface area contributed by atoms with E-state index in [4.69, 9.17) is 0 Å². The van der Waals surface area contributed by atoms with Crippen molar-refractivity contribution in [3.05, 3.63) is 28.6 Å². The lowest BCUT2D eigenvalue weighted by Gasteiger charge is -2.04. The van der Waals surface area contributed by atoms with Crippen LogP contribution in [-0.2, 0) is 6.18 Å². The molecule has 14 heavy (non-hydrogen) atoms. The maximum absolute atomic E-state index is 12.4. The number of alkyl halides is 3. The smallest absolute Gasteiger partial charge is 0.285 e. The van der Waals surface area contributed by atoms with Gasteiger partial charge in [0.25, 0.3) is 0 Å². The van der Waals surface area contributed by atoms with Gasteiger partial charge in [0, 0.05) is 11.8 Å². The second-order valence-electron chi connectivity index (χ2n) is 2.62. The minimum absolute atomic E-state index is 0.128. The second-order valence-corrected chi connectivity index (χ2v) is 3.54. The predicted octanol–water partition coefficient (Wildman–Crippen LogP) is 3.16. The van der Waals surface area contributed by atoms with E-state index in [0.717, 1.165) is 0 Å². The molecule has 0 fully saturated rings. The van der Waals surface area contributed by atoms with Gasteiger partial charge in [0.05, 0.1) is 5.69 Å². The van der Waals surface area contributed by atoms with Gasteiger partial charge in [-0.15, -0.1) is 11.3 Å². The van der Waals surface area contributed by atoms with Gasteiger partial charge in [0.1, 0.15) is 4.88 Å². The fourth-order valence-corrected chi connectivity index (χ4v) is 1.91. The number of H-pyrrole nitrogens is 1. The van der Waals surface area contributed by atoms with Crippen LogP contribution in [0.2, 0.25) is 0 Å². The molecule has 2 nitrogen and oxygen atoms in total. The van der Waals surface area contributed by atoms with E-state index in [2.05, 4.69) is 10.2 Å². The van der Waals surface area contributed by atoms with Crippen molar-refractivity contribution in [3.63, 3.8) is 0 Å². The van der Waals surface area contributed by atoms with Crippen LogP contribution in [0.1, 0.15) is 4.88 Å². The molecule has 0 aliphatic carbocycles. The summed E-state index contributed by atoms with van der Waals surface area (Å²) in [6.45, 7) is 0. The number of aromatic nitrogens is 2. The zero-order valence-corrected chi connectivity index (χ0v) is 7.62. The van der Waals surface area contributed by atoms with Crippen molar-refractivity contribution in [2.75, 3.05) is 0 Å². The minimum Gasteiger partial charge on any atom is -0.285 e. The molecule has 0 unspecified atom stereocenters. The predicted molar refractivity (Wildman–Crippen MR) is 46.9 cm³/mol. The Bertz CT molecular complexity index is 416. The van der Waals surface area contributed by atoms with E-state index in [-0.39, 0.29) is 5.56 Å². The summed E-state index contributed by atoms with van der Waals surface area (Å²) >= 11 is 0.676. The maximum atomic E-state index is 12.4. The van der Waals surface area contributed by atoms with Crippen molar-refractivity contribution in [2.24, 2.45) is 0 Å². The highest BCUT2D eigenvalue weighted by Crippen LogP contribution is 2.39. The van der Waals surface area contributed by atoms with E-state index < -0.39 is 11.1 Å². The monoisotopic (exact) mass is 218 g/mol. The summed E-state index contributed by atoms with van der Waals surface area (Å²) in [5, 5.41) is 7.61. The second kappa shape index (κ2) is 3.13. The molecular weight excluding hydrogens is 213 g/mol. The highest BCUT2D eigenvalue weighted by atomic mass is 32.1. The number of halogens is 3. The molecule has 0 atom stereocenters. The van der Waals surface area contributed by atoms with Gasteiger partial charge >= 0.3 is 6.18 Å². The van der Waals surface area contributed by atoms with E-state index in [1.807, 2.05) is 0 Å². The molecule has 0 radical (unpaired) electrons. The van der Waals surface area contributed by atoms with Crippen LogP contribution in [0.15, 0.2) is 23.7 Å². The van der Waals surface area contributed by atoms with Crippen molar-refractivity contribution in [1.29, 1.82) is 0 Å². The third-order valence-corrected chi connectivity index (χ3v) is 2.66. The lowest BCUT2D eigenvalue weighted by Crippen LogP contribution is -2.03. The summed E-state index contributed by atoms with van der Waals surface area (Å²) in [6.07, 6.45) is -2.81. The first-order valence-electron chi connectivity index (χ1n) is 3.74. The first-order chi connectivity index (χ1) is 6.59. The lowest BCUT2D eigenvalue weighted by molar-refractivity contribution is -0.133. The average molecular weight is 218 g/mol. The summed E-state index contributed by atoms with van der Waals surface area (Å²) in [4.78, 5) is -0.607. The molecule has 1 N–H and O–H groups in total. The van der Waals surface area contributed by atoms with Crippen LogP contribution in [-0.4, -0.2) is 10.2 Å². The van der Waals surface area contributed by atoms with Crippen molar-refractivity contribution < 1.29 is 13.2 Å². The number of nitrogens with zero attached hydrogens (tertiary/aromatic N) is 1. The molecule has 6 heteroatoms. The standard InChI is InChI=1S/C8H5F3N2S/c9-8(10,11)7-5(2-4-14-7)6-1-3-12-13-6/h1-4H,(H,12,13). The quantitative estimate of drug-likeness (QED) is 0.782. The Kier molecular flexibility index (Phi) is 2.07. The highest BCUT2D eigenvalue weighted by molar-refractivity contribution is 7.10. The van der Waals surface area contributed by atoms with Crippen molar-refractivity contribution in [1.82, 2.24) is 10.2 Å². The average Bonchev–Trinajstić information content (AvgIpc) is 2.73. The minimum atomic E-state index is -4.30. The SMILES string of the molecule is FC(F)(F)c1sccc1-c1cc[nH]n1. The number of aromatic amines is 1. The topological polar surface area (TPSA) is 28.7 Å². The number of hydrogen-bond acceptors (Lipinski definition) is 2. The molecule has 0 aromatic carbocycles. The van der Waals surface area contributed by atoms with Gasteiger partial charge in [0.2, 0.25) is 0 Å². The van der Waals surface area contributed by atoms with Crippen LogP contribution in [0, 0.1) is 0 Å². The summed E-state index contributed by atoms with van der Waals surface area (Å²) in [5.41, 5.74) is 0.447. The normalized spacial score (nSPS) is 11.9. The summed E-state index contributed by atoms with van der Waals surface area (Å²) < 4.78 is 37.3. The molecule has 0 bridgehead atoms. The van der Waals surface area contributed by atoms with Gasteiger partial charge in [0.15, 0.2) is 0 Å². The van der Waals surface area contributed by atoms with E-state index in [0.29, 0.717) is 17.0 Å². The molecule has 0 aliphatic rings. The molecule has 0 spiro atoms. The Morgan fingerprint density at radius 1 is 1.29 bits per heavy atom. The van der Waals surface area contributed by atoms with Crippen LogP contribution in [0.25, 0.3) is 11.3 Å². The molecular formula is C8H5F3N2S. The molecule has 0 saturated carbocycles. The van der Waals surface area contributed by atoms with Gasteiger partial charge < -0.3 is 0 Å². The molecule has 0 saturated heterocycles. The Hall–Kier alpha value is -1.30. The third-order valence-electron chi connectivity index (χ3n) is 1.70. The van der Waals surface area contributed by atoms with Crippen LogP contribution >= 0.6 is 11.3 Å². The number of rotatable bonds is 1. The van der Waals surface area contributed by atoms with Gasteiger partial charge in [-0.2, -0.15) is 18.3 Å². The zero-order valence-electron chi connectivity index (χ0n) is 6.80. The number of nitrogens with one attached hydrogen (secondary N) is 1.